The van der Waals surface area contributed by atoms with Crippen LogP contribution in [0.2, 0.25) is 0 Å². The third-order valence-electron chi connectivity index (χ3n) is 3.05. The first kappa shape index (κ1) is 21.8. The van der Waals surface area contributed by atoms with Crippen LogP contribution in [0.4, 0.5) is 43.9 Å². The van der Waals surface area contributed by atoms with Gasteiger partial charge < -0.3 is 4.74 Å². The molecule has 0 aliphatic heterocycles. The summed E-state index contributed by atoms with van der Waals surface area (Å²) in [5, 5.41) is 0. The molecule has 0 aromatic carbocycles. The van der Waals surface area contributed by atoms with E-state index in [9.17, 15) is 48.7 Å². The van der Waals surface area contributed by atoms with Crippen LogP contribution in [0.1, 0.15) is 26.7 Å². The lowest BCUT2D eigenvalue weighted by atomic mass is 9.79. The number of carbonyl (C=O) groups is 1. The lowest BCUT2D eigenvalue weighted by molar-refractivity contribution is -0.375. The van der Waals surface area contributed by atoms with E-state index in [0.29, 0.717) is 0 Å². The number of hydrogen-bond acceptors (Lipinski definition) is 2. The van der Waals surface area contributed by atoms with E-state index in [2.05, 4.69) is 4.74 Å². The normalized spacial score (nSPS) is 17.8. The number of rotatable bonds is 6. The predicted octanol–water partition coefficient (Wildman–Crippen LogP) is 4.73. The summed E-state index contributed by atoms with van der Waals surface area (Å²) in [7, 11) is 0. The summed E-state index contributed by atoms with van der Waals surface area (Å²) in [6, 6.07) is 0. The minimum Gasteiger partial charge on any atom is -0.446 e. The molecule has 0 bridgehead atoms. The fourth-order valence-electron chi connectivity index (χ4n) is 1.47. The van der Waals surface area contributed by atoms with Crippen molar-refractivity contribution in [2.45, 2.75) is 57.5 Å². The molecule has 0 amide bonds. The van der Waals surface area contributed by atoms with Crippen LogP contribution in [0.25, 0.3) is 0 Å². The van der Waals surface area contributed by atoms with Crippen LogP contribution in [-0.4, -0.2) is 36.8 Å². The fourth-order valence-corrected chi connectivity index (χ4v) is 1.47. The molecule has 138 valence electrons. The predicted molar refractivity (Wildman–Crippen MR) is 56.0 cm³/mol. The molecule has 2 atom stereocenters. The van der Waals surface area contributed by atoms with Crippen LogP contribution in [0, 0.1) is 5.41 Å². The zero-order valence-corrected chi connectivity index (χ0v) is 11.7. The van der Waals surface area contributed by atoms with Crippen LogP contribution in [0.15, 0.2) is 0 Å². The Morgan fingerprint density at radius 2 is 1.43 bits per heavy atom. The molecule has 0 N–H and O–H groups in total. The van der Waals surface area contributed by atoms with Crippen molar-refractivity contribution in [2.24, 2.45) is 5.41 Å². The van der Waals surface area contributed by atoms with Gasteiger partial charge in [-0.2, -0.15) is 26.3 Å². The number of hydrogen-bond donors (Lipinski definition) is 0. The van der Waals surface area contributed by atoms with Crippen LogP contribution in [0.5, 0.6) is 0 Å². The molecule has 0 fully saturated rings. The number of ether oxygens (including phenoxy) is 1. The van der Waals surface area contributed by atoms with Gasteiger partial charge in [-0.05, 0) is 13.3 Å². The van der Waals surface area contributed by atoms with Gasteiger partial charge in [-0.25, -0.2) is 17.6 Å². The molecule has 0 aliphatic rings. The van der Waals surface area contributed by atoms with Crippen molar-refractivity contribution in [1.29, 1.82) is 0 Å². The highest BCUT2D eigenvalue weighted by Crippen LogP contribution is 2.56. The molecule has 12 heteroatoms. The smallest absolute Gasteiger partial charge is 0.431 e. The standard InChI is InChI=1S/C11H12F10O2/c1-3-4-5(22)23-6(10(16,17)18)9(14,15)8(2,7(12)13)11(19,20)21/h6-7H,3-4H2,1-2H3. The molecule has 0 aromatic heterocycles. The Kier molecular flexibility index (Phi) is 6.36. The largest absolute Gasteiger partial charge is 0.446 e. The van der Waals surface area contributed by atoms with Crippen LogP contribution < -0.4 is 0 Å². The van der Waals surface area contributed by atoms with Crippen molar-refractivity contribution < 1.29 is 53.4 Å². The third kappa shape index (κ3) is 4.19. The SMILES string of the molecule is CCCC(=O)OC(C(F)(F)F)C(F)(F)C(C)(C(F)F)C(F)(F)F. The highest BCUT2D eigenvalue weighted by Gasteiger charge is 2.78. The van der Waals surface area contributed by atoms with E-state index in [1.165, 1.54) is 6.92 Å². The van der Waals surface area contributed by atoms with E-state index in [1.807, 2.05) is 0 Å². The Morgan fingerprint density at radius 3 is 1.70 bits per heavy atom. The maximum absolute atomic E-state index is 13.8. The molecule has 0 aliphatic carbocycles. The summed E-state index contributed by atoms with van der Waals surface area (Å²) in [5.74, 6) is -8.03. The van der Waals surface area contributed by atoms with Crippen molar-refractivity contribution in [1.82, 2.24) is 0 Å². The Balaban J connectivity index is 6.05. The monoisotopic (exact) mass is 366 g/mol. The van der Waals surface area contributed by atoms with Gasteiger partial charge >= 0.3 is 24.2 Å². The van der Waals surface area contributed by atoms with E-state index >= 15 is 0 Å². The number of alkyl halides is 10. The number of halogens is 10. The van der Waals surface area contributed by atoms with Gasteiger partial charge in [0.2, 0.25) is 0 Å². The molecule has 23 heavy (non-hydrogen) atoms. The minimum atomic E-state index is -6.40. The zero-order valence-electron chi connectivity index (χ0n) is 11.7. The molecule has 0 heterocycles. The molecular weight excluding hydrogens is 354 g/mol. The van der Waals surface area contributed by atoms with Crippen molar-refractivity contribution in [3.8, 4) is 0 Å². The summed E-state index contributed by atoms with van der Waals surface area (Å²) in [4.78, 5) is 11.0. The van der Waals surface area contributed by atoms with Crippen molar-refractivity contribution >= 4 is 5.97 Å². The third-order valence-corrected chi connectivity index (χ3v) is 3.05. The van der Waals surface area contributed by atoms with E-state index < -0.39 is 55.5 Å². The van der Waals surface area contributed by atoms with Gasteiger partial charge in [0.05, 0.1) is 0 Å². The van der Waals surface area contributed by atoms with Gasteiger partial charge in [-0.1, -0.05) is 6.92 Å². The van der Waals surface area contributed by atoms with Crippen molar-refractivity contribution in [3.63, 3.8) is 0 Å². The highest BCUT2D eigenvalue weighted by atomic mass is 19.4. The van der Waals surface area contributed by atoms with Crippen molar-refractivity contribution in [2.75, 3.05) is 0 Å². The Bertz CT molecular complexity index is 414. The quantitative estimate of drug-likeness (QED) is 0.502. The fraction of sp³-hybridized carbons (Fsp3) is 0.909. The van der Waals surface area contributed by atoms with Crippen molar-refractivity contribution in [3.05, 3.63) is 0 Å². The van der Waals surface area contributed by atoms with Gasteiger partial charge in [0, 0.05) is 6.42 Å². The van der Waals surface area contributed by atoms with E-state index in [-0.39, 0.29) is 6.42 Å². The van der Waals surface area contributed by atoms with Gasteiger partial charge in [-0.3, -0.25) is 4.79 Å². The second-order valence-electron chi connectivity index (χ2n) is 4.79. The summed E-state index contributed by atoms with van der Waals surface area (Å²) < 4.78 is 132. The maximum Gasteiger partial charge on any atom is 0.431 e. The minimum absolute atomic E-state index is 0.152. The van der Waals surface area contributed by atoms with Gasteiger partial charge in [-0.15, -0.1) is 0 Å². The average molecular weight is 366 g/mol. The first-order chi connectivity index (χ1) is 10.0. The van der Waals surface area contributed by atoms with E-state index in [0.717, 1.165) is 0 Å². The summed E-state index contributed by atoms with van der Waals surface area (Å²) in [6.07, 6.45) is -23.1. The maximum atomic E-state index is 13.8. The van der Waals surface area contributed by atoms with Crippen LogP contribution in [-0.2, 0) is 9.53 Å². The average Bonchev–Trinajstić information content (AvgIpc) is 2.31. The van der Waals surface area contributed by atoms with Crippen LogP contribution in [0.3, 0.4) is 0 Å². The Labute approximate surface area is 123 Å². The van der Waals surface area contributed by atoms with Gasteiger partial charge in [0.25, 0.3) is 12.5 Å². The summed E-state index contributed by atoms with van der Waals surface area (Å²) in [5.41, 5.74) is -5.37. The molecule has 0 saturated carbocycles. The molecule has 0 aromatic rings. The molecule has 0 saturated heterocycles. The van der Waals surface area contributed by atoms with E-state index in [4.69, 9.17) is 0 Å². The molecule has 0 spiro atoms. The zero-order chi connectivity index (χ0) is 18.9. The number of carbonyl (C=O) groups excluding carboxylic acids is 1. The highest BCUT2D eigenvalue weighted by molar-refractivity contribution is 5.69. The second kappa shape index (κ2) is 6.71. The summed E-state index contributed by atoms with van der Waals surface area (Å²) in [6.45, 7) is 0.491. The van der Waals surface area contributed by atoms with Crippen LogP contribution >= 0.6 is 0 Å². The Morgan fingerprint density at radius 1 is 1.00 bits per heavy atom. The van der Waals surface area contributed by atoms with Gasteiger partial charge in [0.1, 0.15) is 0 Å². The second-order valence-corrected chi connectivity index (χ2v) is 4.79. The van der Waals surface area contributed by atoms with E-state index in [1.54, 1.807) is 0 Å². The molecular formula is C11H12F10O2. The topological polar surface area (TPSA) is 26.3 Å². The Hall–Kier alpha value is -1.23. The molecule has 2 nitrogen and oxygen atoms in total. The lowest BCUT2D eigenvalue weighted by Crippen LogP contribution is -2.64. The first-order valence-electron chi connectivity index (χ1n) is 6.02. The molecule has 0 rings (SSSR count). The van der Waals surface area contributed by atoms with Gasteiger partial charge in [0.15, 0.2) is 5.41 Å². The first-order valence-corrected chi connectivity index (χ1v) is 6.02. The molecule has 0 radical (unpaired) electrons. The summed E-state index contributed by atoms with van der Waals surface area (Å²) >= 11 is 0. The number of esters is 1. The molecule has 2 unspecified atom stereocenters. The lowest BCUT2D eigenvalue weighted by Gasteiger charge is -2.41.